The zero-order valence-electron chi connectivity index (χ0n) is 11.2. The maximum absolute atomic E-state index is 12.3. The summed E-state index contributed by atoms with van der Waals surface area (Å²) in [7, 11) is 1.62. The topological polar surface area (TPSA) is 73.6 Å². The zero-order chi connectivity index (χ0) is 13.8. The van der Waals surface area contributed by atoms with Crippen molar-refractivity contribution in [2.24, 2.45) is 11.1 Å². The molecule has 0 saturated carbocycles. The minimum absolute atomic E-state index is 0.122. The highest BCUT2D eigenvalue weighted by Gasteiger charge is 2.43. The molecule has 1 amide bonds. The molecule has 0 aliphatic carbocycles. The van der Waals surface area contributed by atoms with Crippen LogP contribution < -0.4 is 11.1 Å². The van der Waals surface area contributed by atoms with Crippen LogP contribution in [0, 0.1) is 5.41 Å². The molecular formula is C12H22N2O3S. The third-order valence-electron chi connectivity index (χ3n) is 3.48. The number of ether oxygens (including phenoxy) is 2. The monoisotopic (exact) mass is 274 g/mol. The summed E-state index contributed by atoms with van der Waals surface area (Å²) < 4.78 is 10.5. The van der Waals surface area contributed by atoms with E-state index < -0.39 is 11.0 Å². The van der Waals surface area contributed by atoms with Gasteiger partial charge in [-0.25, -0.2) is 0 Å². The van der Waals surface area contributed by atoms with Crippen LogP contribution in [0.4, 0.5) is 0 Å². The Bertz CT molecular complexity index is 325. The van der Waals surface area contributed by atoms with Crippen molar-refractivity contribution in [2.45, 2.75) is 32.3 Å². The highest BCUT2D eigenvalue weighted by molar-refractivity contribution is 7.80. The summed E-state index contributed by atoms with van der Waals surface area (Å²) in [4.78, 5) is 12.6. The molecule has 0 aromatic rings. The fourth-order valence-corrected chi connectivity index (χ4v) is 2.14. The summed E-state index contributed by atoms with van der Waals surface area (Å²) in [6.45, 7) is 5.26. The van der Waals surface area contributed by atoms with Crippen LogP contribution in [-0.2, 0) is 14.3 Å². The molecule has 0 atom stereocenters. The van der Waals surface area contributed by atoms with E-state index in [1.165, 1.54) is 0 Å². The van der Waals surface area contributed by atoms with E-state index in [0.29, 0.717) is 32.6 Å². The molecule has 1 rings (SSSR count). The van der Waals surface area contributed by atoms with Gasteiger partial charge in [-0.05, 0) is 26.7 Å². The Hall–Kier alpha value is -0.720. The van der Waals surface area contributed by atoms with Crippen LogP contribution in [0.25, 0.3) is 0 Å². The SMILES string of the molecule is COC(C)(C)CNC(=O)C1(C(N)=S)CCOCC1. The lowest BCUT2D eigenvalue weighted by Gasteiger charge is -2.35. The van der Waals surface area contributed by atoms with Crippen molar-refractivity contribution < 1.29 is 14.3 Å². The van der Waals surface area contributed by atoms with Crippen LogP contribution in [0.5, 0.6) is 0 Å². The predicted molar refractivity (Wildman–Crippen MR) is 73.4 cm³/mol. The lowest BCUT2D eigenvalue weighted by molar-refractivity contribution is -0.132. The molecule has 0 spiro atoms. The summed E-state index contributed by atoms with van der Waals surface area (Å²) in [6.07, 6.45) is 1.09. The number of thiocarbonyl (C=S) groups is 1. The summed E-state index contributed by atoms with van der Waals surface area (Å²) in [5.74, 6) is -0.122. The van der Waals surface area contributed by atoms with Crippen molar-refractivity contribution >= 4 is 23.1 Å². The van der Waals surface area contributed by atoms with Gasteiger partial charge in [-0.3, -0.25) is 4.79 Å². The van der Waals surface area contributed by atoms with Crippen molar-refractivity contribution in [1.82, 2.24) is 5.32 Å². The Balaban J connectivity index is 2.69. The molecule has 0 radical (unpaired) electrons. The maximum Gasteiger partial charge on any atom is 0.233 e. The number of carbonyl (C=O) groups excluding carboxylic acids is 1. The Morgan fingerprint density at radius 1 is 1.50 bits per heavy atom. The second kappa shape index (κ2) is 5.95. The summed E-state index contributed by atoms with van der Waals surface area (Å²) in [5.41, 5.74) is 4.59. The van der Waals surface area contributed by atoms with Crippen molar-refractivity contribution in [1.29, 1.82) is 0 Å². The van der Waals surface area contributed by atoms with E-state index in [4.69, 9.17) is 27.4 Å². The first-order valence-corrected chi connectivity index (χ1v) is 6.46. The van der Waals surface area contributed by atoms with Gasteiger partial charge in [0.1, 0.15) is 5.41 Å². The number of hydrogen-bond acceptors (Lipinski definition) is 4. The minimum atomic E-state index is -0.766. The molecule has 104 valence electrons. The lowest BCUT2D eigenvalue weighted by Crippen LogP contribution is -2.54. The van der Waals surface area contributed by atoms with Gasteiger partial charge < -0.3 is 20.5 Å². The average molecular weight is 274 g/mol. The van der Waals surface area contributed by atoms with E-state index in [1.54, 1.807) is 7.11 Å². The van der Waals surface area contributed by atoms with Gasteiger partial charge in [-0.15, -0.1) is 0 Å². The van der Waals surface area contributed by atoms with Crippen LogP contribution in [-0.4, -0.2) is 43.4 Å². The molecule has 18 heavy (non-hydrogen) atoms. The Kier molecular flexibility index (Phi) is 5.07. The van der Waals surface area contributed by atoms with Crippen LogP contribution in [0.15, 0.2) is 0 Å². The van der Waals surface area contributed by atoms with Crippen LogP contribution in [0.1, 0.15) is 26.7 Å². The first-order chi connectivity index (χ1) is 8.34. The van der Waals surface area contributed by atoms with Crippen molar-refractivity contribution in [3.8, 4) is 0 Å². The summed E-state index contributed by atoms with van der Waals surface area (Å²) in [6, 6.07) is 0. The van der Waals surface area contributed by atoms with Gasteiger partial charge in [0, 0.05) is 26.9 Å². The van der Waals surface area contributed by atoms with E-state index >= 15 is 0 Å². The van der Waals surface area contributed by atoms with Crippen molar-refractivity contribution in [3.63, 3.8) is 0 Å². The molecule has 6 heteroatoms. The molecule has 1 fully saturated rings. The van der Waals surface area contributed by atoms with Gasteiger partial charge in [0.25, 0.3) is 0 Å². The predicted octanol–water partition coefficient (Wildman–Crippen LogP) is 0.611. The molecule has 0 aromatic heterocycles. The fourth-order valence-electron chi connectivity index (χ4n) is 1.84. The number of nitrogens with one attached hydrogen (secondary N) is 1. The molecule has 1 aliphatic heterocycles. The van der Waals surface area contributed by atoms with Crippen molar-refractivity contribution in [2.75, 3.05) is 26.9 Å². The molecule has 0 unspecified atom stereocenters. The first kappa shape index (κ1) is 15.3. The summed E-state index contributed by atoms with van der Waals surface area (Å²) in [5, 5.41) is 2.88. The molecule has 0 bridgehead atoms. The van der Waals surface area contributed by atoms with Gasteiger partial charge in [0.05, 0.1) is 10.6 Å². The molecule has 1 heterocycles. The largest absolute Gasteiger partial charge is 0.392 e. The molecule has 0 aromatic carbocycles. The van der Waals surface area contributed by atoms with Gasteiger partial charge in [-0.2, -0.15) is 0 Å². The number of carbonyl (C=O) groups is 1. The first-order valence-electron chi connectivity index (χ1n) is 6.05. The second-order valence-electron chi connectivity index (χ2n) is 5.21. The normalized spacial score (nSPS) is 19.3. The Morgan fingerprint density at radius 2 is 2.06 bits per heavy atom. The lowest BCUT2D eigenvalue weighted by atomic mass is 9.79. The third-order valence-corrected chi connectivity index (χ3v) is 3.87. The van der Waals surface area contributed by atoms with Crippen LogP contribution in [0.3, 0.4) is 0 Å². The number of hydrogen-bond donors (Lipinski definition) is 2. The van der Waals surface area contributed by atoms with Crippen LogP contribution in [0.2, 0.25) is 0 Å². The van der Waals surface area contributed by atoms with Gasteiger partial charge in [-0.1, -0.05) is 12.2 Å². The number of nitrogens with two attached hydrogens (primary N) is 1. The average Bonchev–Trinajstić information content (AvgIpc) is 2.36. The Morgan fingerprint density at radius 3 is 2.50 bits per heavy atom. The molecular weight excluding hydrogens is 252 g/mol. The van der Waals surface area contributed by atoms with Crippen LogP contribution >= 0.6 is 12.2 Å². The van der Waals surface area contributed by atoms with Crippen molar-refractivity contribution in [3.05, 3.63) is 0 Å². The third kappa shape index (κ3) is 3.40. The van der Waals surface area contributed by atoms with E-state index in [1.807, 2.05) is 13.8 Å². The molecule has 1 aliphatic rings. The fraction of sp³-hybridized carbons (Fsp3) is 0.833. The molecule has 5 nitrogen and oxygen atoms in total. The standard InChI is InChI=1S/C12H22N2O3S/c1-11(2,16-3)8-14-10(15)12(9(13)18)4-6-17-7-5-12/h4-8H2,1-3H3,(H2,13,18)(H,14,15). The van der Waals surface area contributed by atoms with E-state index in [2.05, 4.69) is 5.32 Å². The second-order valence-corrected chi connectivity index (χ2v) is 5.65. The smallest absolute Gasteiger partial charge is 0.233 e. The quantitative estimate of drug-likeness (QED) is 0.719. The van der Waals surface area contributed by atoms with E-state index in [-0.39, 0.29) is 10.9 Å². The highest BCUT2D eigenvalue weighted by Crippen LogP contribution is 2.31. The summed E-state index contributed by atoms with van der Waals surface area (Å²) >= 11 is 5.07. The number of rotatable bonds is 5. The van der Waals surface area contributed by atoms with E-state index in [9.17, 15) is 4.79 Å². The zero-order valence-corrected chi connectivity index (χ0v) is 12.1. The van der Waals surface area contributed by atoms with Gasteiger partial charge in [0.15, 0.2) is 0 Å². The molecule has 1 saturated heterocycles. The van der Waals surface area contributed by atoms with Gasteiger partial charge >= 0.3 is 0 Å². The van der Waals surface area contributed by atoms with Gasteiger partial charge in [0.2, 0.25) is 5.91 Å². The molecule has 3 N–H and O–H groups in total. The highest BCUT2D eigenvalue weighted by atomic mass is 32.1. The van der Waals surface area contributed by atoms with E-state index in [0.717, 1.165) is 0 Å². The minimum Gasteiger partial charge on any atom is -0.392 e. The number of amides is 1. The number of methoxy groups -OCH3 is 1. The maximum atomic E-state index is 12.3. The Labute approximate surface area is 113 Å².